The van der Waals surface area contributed by atoms with Crippen molar-refractivity contribution in [3.05, 3.63) is 56.5 Å². The van der Waals surface area contributed by atoms with Crippen LogP contribution in [0.15, 0.2) is 45.3 Å². The molecule has 0 aliphatic carbocycles. The second-order valence-corrected chi connectivity index (χ2v) is 10.5. The highest BCUT2D eigenvalue weighted by Crippen LogP contribution is 2.41. The average molecular weight is 591 g/mol. The summed E-state index contributed by atoms with van der Waals surface area (Å²) in [6.45, 7) is 11.0. The van der Waals surface area contributed by atoms with Gasteiger partial charge in [-0.25, -0.2) is 0 Å². The Hall–Kier alpha value is -1.24. The Bertz CT molecular complexity index is 876. The fourth-order valence-electron chi connectivity index (χ4n) is 3.07. The monoisotopic (exact) mass is 588 g/mol. The average Bonchev–Trinajstić information content (AvgIpc) is 2.75. The molecule has 0 N–H and O–H groups in total. The Balaban J connectivity index is 2.17. The Morgan fingerprint density at radius 1 is 1.03 bits per heavy atom. The van der Waals surface area contributed by atoms with Crippen LogP contribution in [0.4, 0.5) is 0 Å². The summed E-state index contributed by atoms with van der Waals surface area (Å²) in [5.41, 5.74) is 2.05. The van der Waals surface area contributed by atoms with Gasteiger partial charge in [0.15, 0.2) is 0 Å². The highest BCUT2D eigenvalue weighted by molar-refractivity contribution is 9.11. The number of rotatable bonds is 11. The minimum Gasteiger partial charge on any atom is -0.493 e. The lowest BCUT2D eigenvalue weighted by Gasteiger charge is -2.28. The van der Waals surface area contributed by atoms with Gasteiger partial charge < -0.3 is 14.2 Å². The summed E-state index contributed by atoms with van der Waals surface area (Å²) in [5, 5.41) is 0. The molecule has 0 saturated heterocycles. The number of hydrogen-bond acceptors (Lipinski definition) is 4. The summed E-state index contributed by atoms with van der Waals surface area (Å²) in [7, 11) is 0. The molecule has 2 rings (SSSR count). The minimum absolute atomic E-state index is 0.164. The normalized spacial score (nSPS) is 13.4. The molecule has 0 saturated carbocycles. The van der Waals surface area contributed by atoms with Gasteiger partial charge in [-0.15, -0.1) is 11.6 Å². The van der Waals surface area contributed by atoms with Crippen molar-refractivity contribution in [3.63, 3.8) is 0 Å². The highest BCUT2D eigenvalue weighted by Gasteiger charge is 2.26. The van der Waals surface area contributed by atoms with Gasteiger partial charge in [-0.1, -0.05) is 46.2 Å². The van der Waals surface area contributed by atoms with Crippen LogP contribution in [0, 0.1) is 5.92 Å². The fraction of sp³-hybridized carbons (Fsp3) is 0.480. The van der Waals surface area contributed by atoms with Crippen LogP contribution in [0.25, 0.3) is 0 Å². The zero-order valence-electron chi connectivity index (χ0n) is 19.2. The standard InChI is InChI=1S/C25H31Br2ClO4/c1-6-16(2)14-30-20-9-7-18(8-10-20)25(4,5)19-11-22(26)24(23(27)12-19)31-15-21(13-28)32-17(3)29/h7-12,16,21H,6,13-15H2,1-5H3/t16-,21-/m0/s1. The SMILES string of the molecule is CC[C@H](C)COc1ccc(C(C)(C)c2cc(Br)c(OC[C@H](CCl)OC(C)=O)c(Br)c2)cc1. The van der Waals surface area contributed by atoms with Crippen molar-refractivity contribution in [1.29, 1.82) is 0 Å². The second kappa shape index (κ2) is 12.3. The Morgan fingerprint density at radius 2 is 1.62 bits per heavy atom. The summed E-state index contributed by atoms with van der Waals surface area (Å²) in [4.78, 5) is 11.2. The van der Waals surface area contributed by atoms with E-state index < -0.39 is 6.10 Å². The molecule has 0 bridgehead atoms. The summed E-state index contributed by atoms with van der Waals surface area (Å²) in [5.74, 6) is 1.84. The van der Waals surface area contributed by atoms with Crippen LogP contribution in [-0.2, 0) is 14.9 Å². The van der Waals surface area contributed by atoms with E-state index in [2.05, 4.69) is 83.8 Å². The fourth-order valence-corrected chi connectivity index (χ4v) is 4.64. The molecule has 0 unspecified atom stereocenters. The molecule has 2 atom stereocenters. The first-order valence-corrected chi connectivity index (χ1v) is 12.8. The largest absolute Gasteiger partial charge is 0.493 e. The number of halogens is 3. The van der Waals surface area contributed by atoms with Crippen molar-refractivity contribution in [2.75, 3.05) is 19.1 Å². The molecule has 7 heteroatoms. The van der Waals surface area contributed by atoms with Gasteiger partial charge in [0.2, 0.25) is 0 Å². The third kappa shape index (κ3) is 7.39. The molecule has 2 aromatic rings. The molecular formula is C25H31Br2ClO4. The van der Waals surface area contributed by atoms with Crippen molar-refractivity contribution in [3.8, 4) is 11.5 Å². The number of hydrogen-bond donors (Lipinski definition) is 0. The molecule has 32 heavy (non-hydrogen) atoms. The molecule has 0 aliphatic rings. The highest BCUT2D eigenvalue weighted by atomic mass is 79.9. The van der Waals surface area contributed by atoms with E-state index in [1.807, 2.05) is 12.1 Å². The first-order chi connectivity index (χ1) is 15.1. The molecule has 2 aromatic carbocycles. The van der Waals surface area contributed by atoms with Gasteiger partial charge in [0.05, 0.1) is 21.4 Å². The van der Waals surface area contributed by atoms with Crippen molar-refractivity contribution in [1.82, 2.24) is 0 Å². The van der Waals surface area contributed by atoms with Gasteiger partial charge in [0.25, 0.3) is 0 Å². The molecule has 0 radical (unpaired) electrons. The Labute approximate surface area is 213 Å². The molecule has 4 nitrogen and oxygen atoms in total. The lowest BCUT2D eigenvalue weighted by molar-refractivity contribution is -0.146. The number of benzene rings is 2. The van der Waals surface area contributed by atoms with Crippen LogP contribution in [-0.4, -0.2) is 31.2 Å². The Morgan fingerprint density at radius 3 is 2.12 bits per heavy atom. The van der Waals surface area contributed by atoms with Crippen LogP contribution >= 0.6 is 43.5 Å². The molecular weight excluding hydrogens is 560 g/mol. The Kier molecular flexibility index (Phi) is 10.4. The van der Waals surface area contributed by atoms with E-state index in [9.17, 15) is 4.79 Å². The summed E-state index contributed by atoms with van der Waals surface area (Å²) >= 11 is 13.1. The lowest BCUT2D eigenvalue weighted by atomic mass is 9.78. The molecule has 0 fully saturated rings. The van der Waals surface area contributed by atoms with Crippen LogP contribution in [0.2, 0.25) is 0 Å². The second-order valence-electron chi connectivity index (χ2n) is 8.44. The summed E-state index contributed by atoms with van der Waals surface area (Å²) < 4.78 is 18.5. The maximum atomic E-state index is 11.2. The third-order valence-corrected chi connectivity index (χ3v) is 6.97. The first kappa shape index (κ1) is 27.0. The van der Waals surface area contributed by atoms with E-state index in [4.69, 9.17) is 25.8 Å². The molecule has 0 aromatic heterocycles. The summed E-state index contributed by atoms with van der Waals surface area (Å²) in [6.07, 6.45) is 0.593. The maximum absolute atomic E-state index is 11.2. The van der Waals surface area contributed by atoms with E-state index in [1.54, 1.807) is 0 Å². The molecule has 0 aliphatic heterocycles. The van der Waals surface area contributed by atoms with E-state index in [0.29, 0.717) is 11.7 Å². The van der Waals surface area contributed by atoms with Crippen LogP contribution in [0.1, 0.15) is 52.2 Å². The van der Waals surface area contributed by atoms with Crippen molar-refractivity contribution in [2.24, 2.45) is 5.92 Å². The van der Waals surface area contributed by atoms with Crippen molar-refractivity contribution < 1.29 is 19.0 Å². The first-order valence-electron chi connectivity index (χ1n) is 10.7. The predicted molar refractivity (Wildman–Crippen MR) is 137 cm³/mol. The lowest BCUT2D eigenvalue weighted by Crippen LogP contribution is -2.26. The smallest absolute Gasteiger partial charge is 0.303 e. The zero-order valence-corrected chi connectivity index (χ0v) is 23.1. The van der Waals surface area contributed by atoms with Crippen LogP contribution in [0.3, 0.4) is 0 Å². The number of esters is 1. The number of carbonyl (C=O) groups excluding carboxylic acids is 1. The van der Waals surface area contributed by atoms with E-state index in [-0.39, 0.29) is 23.9 Å². The zero-order chi connectivity index (χ0) is 23.9. The van der Waals surface area contributed by atoms with Gasteiger partial charge in [-0.2, -0.15) is 0 Å². The molecule has 0 amide bonds. The van der Waals surface area contributed by atoms with Crippen LogP contribution in [0.5, 0.6) is 11.5 Å². The minimum atomic E-state index is -0.509. The number of alkyl halides is 1. The van der Waals surface area contributed by atoms with Gasteiger partial charge in [-0.3, -0.25) is 4.79 Å². The topological polar surface area (TPSA) is 44.8 Å². The summed E-state index contributed by atoms with van der Waals surface area (Å²) in [6, 6.07) is 12.4. The van der Waals surface area contributed by atoms with E-state index in [1.165, 1.54) is 12.5 Å². The van der Waals surface area contributed by atoms with Crippen molar-refractivity contribution >= 4 is 49.4 Å². The van der Waals surface area contributed by atoms with E-state index in [0.717, 1.165) is 33.3 Å². The molecule has 0 heterocycles. The van der Waals surface area contributed by atoms with Gasteiger partial charge in [0, 0.05) is 12.3 Å². The number of ether oxygens (including phenoxy) is 3. The molecule has 176 valence electrons. The van der Waals surface area contributed by atoms with Gasteiger partial charge >= 0.3 is 5.97 Å². The third-order valence-electron chi connectivity index (χ3n) is 5.45. The van der Waals surface area contributed by atoms with Crippen molar-refractivity contribution in [2.45, 2.75) is 52.6 Å². The van der Waals surface area contributed by atoms with Gasteiger partial charge in [-0.05, 0) is 73.2 Å². The predicted octanol–water partition coefficient (Wildman–Crippen LogP) is 7.51. The van der Waals surface area contributed by atoms with Gasteiger partial charge in [0.1, 0.15) is 24.2 Å². The molecule has 0 spiro atoms. The van der Waals surface area contributed by atoms with E-state index >= 15 is 0 Å². The maximum Gasteiger partial charge on any atom is 0.303 e. The number of carbonyl (C=O) groups is 1. The van der Waals surface area contributed by atoms with Crippen LogP contribution < -0.4 is 9.47 Å². The quantitative estimate of drug-likeness (QED) is 0.201.